The van der Waals surface area contributed by atoms with Crippen LogP contribution in [0.15, 0.2) is 54.7 Å². The molecule has 0 saturated heterocycles. The monoisotopic (exact) mass is 318 g/mol. The molecule has 0 fully saturated rings. The van der Waals surface area contributed by atoms with Crippen LogP contribution in [-0.2, 0) is 6.54 Å². The molecule has 2 aromatic carbocycles. The van der Waals surface area contributed by atoms with E-state index in [1.54, 1.807) is 6.20 Å². The third kappa shape index (κ3) is 2.49. The molecule has 0 bridgehead atoms. The van der Waals surface area contributed by atoms with Crippen LogP contribution in [0.3, 0.4) is 0 Å². The number of amides is 1. The van der Waals surface area contributed by atoms with Crippen LogP contribution in [0.1, 0.15) is 27.5 Å². The summed E-state index contributed by atoms with van der Waals surface area (Å²) in [6.45, 7) is 1.05. The number of carbonyl (C=O) groups excluding carboxylic acids is 1. The van der Waals surface area contributed by atoms with Crippen molar-refractivity contribution in [3.05, 3.63) is 71.4 Å². The summed E-state index contributed by atoms with van der Waals surface area (Å²) < 4.78 is 0. The fraction of sp³-hybridized carbons (Fsp3) is 0.158. The van der Waals surface area contributed by atoms with Crippen molar-refractivity contribution < 1.29 is 4.79 Å². The molecule has 1 aliphatic heterocycles. The summed E-state index contributed by atoms with van der Waals surface area (Å²) in [5.74, 6) is 0.774. The fourth-order valence-electron chi connectivity index (χ4n) is 3.19. The van der Waals surface area contributed by atoms with Crippen LogP contribution in [0.2, 0.25) is 0 Å². The zero-order valence-electron chi connectivity index (χ0n) is 13.1. The summed E-state index contributed by atoms with van der Waals surface area (Å²) in [5.41, 5.74) is 8.61. The summed E-state index contributed by atoms with van der Waals surface area (Å²) in [7, 11) is 0. The van der Waals surface area contributed by atoms with Gasteiger partial charge >= 0.3 is 0 Å². The lowest BCUT2D eigenvalue weighted by Crippen LogP contribution is -2.33. The minimum atomic E-state index is -0.200. The van der Waals surface area contributed by atoms with Crippen molar-refractivity contribution in [2.24, 2.45) is 5.73 Å². The van der Waals surface area contributed by atoms with Crippen molar-refractivity contribution in [1.82, 2.24) is 10.3 Å². The smallest absolute Gasteiger partial charge is 0.251 e. The van der Waals surface area contributed by atoms with E-state index in [-0.39, 0.29) is 11.9 Å². The number of anilines is 1. The molecule has 1 amide bonds. The third-order valence-electron chi connectivity index (χ3n) is 4.40. The van der Waals surface area contributed by atoms with Crippen LogP contribution in [0.4, 0.5) is 5.82 Å². The Hall–Kier alpha value is -2.92. The standard InChI is InChI=1S/C19H18N4O/c20-10-16(12-4-2-1-3-5-12)23-19(24)14-8-13-6-7-21-18-17(13)15(9-14)11-22-18/h1-9,16H,10-11,20H2,(H,21,22)(H,23,24)/t16-/m0/s1. The van der Waals surface area contributed by atoms with Crippen LogP contribution in [0, 0.1) is 0 Å². The summed E-state index contributed by atoms with van der Waals surface area (Å²) >= 11 is 0. The van der Waals surface area contributed by atoms with Gasteiger partial charge in [0.1, 0.15) is 5.82 Å². The number of pyridine rings is 1. The van der Waals surface area contributed by atoms with E-state index in [1.165, 1.54) is 0 Å². The van der Waals surface area contributed by atoms with Gasteiger partial charge in [-0.2, -0.15) is 0 Å². The zero-order valence-corrected chi connectivity index (χ0v) is 13.1. The van der Waals surface area contributed by atoms with Crippen LogP contribution >= 0.6 is 0 Å². The Morgan fingerprint density at radius 1 is 1.25 bits per heavy atom. The van der Waals surface area contributed by atoms with Gasteiger partial charge in [0, 0.05) is 30.2 Å². The van der Waals surface area contributed by atoms with Crippen molar-refractivity contribution in [1.29, 1.82) is 0 Å². The van der Waals surface area contributed by atoms with Crippen molar-refractivity contribution in [3.63, 3.8) is 0 Å². The number of nitrogens with two attached hydrogens (primary N) is 1. The van der Waals surface area contributed by atoms with Crippen LogP contribution in [0.5, 0.6) is 0 Å². The fourth-order valence-corrected chi connectivity index (χ4v) is 3.19. The summed E-state index contributed by atoms with van der Waals surface area (Å²) in [4.78, 5) is 17.0. The molecule has 0 saturated carbocycles. The molecule has 5 heteroatoms. The normalized spacial score (nSPS) is 13.5. The molecule has 0 unspecified atom stereocenters. The second-order valence-corrected chi connectivity index (χ2v) is 5.92. The molecule has 3 aromatic rings. The highest BCUT2D eigenvalue weighted by molar-refractivity contribution is 6.04. The first-order valence-electron chi connectivity index (χ1n) is 7.97. The number of benzene rings is 2. The predicted octanol–water partition coefficient (Wildman–Crippen LogP) is 2.59. The van der Waals surface area contributed by atoms with Gasteiger partial charge in [-0.25, -0.2) is 4.98 Å². The molecule has 0 spiro atoms. The number of nitrogens with zero attached hydrogens (tertiary/aromatic N) is 1. The molecule has 4 N–H and O–H groups in total. The molecular formula is C19H18N4O. The molecule has 120 valence electrons. The third-order valence-corrected chi connectivity index (χ3v) is 4.40. The van der Waals surface area contributed by atoms with Crippen LogP contribution in [0.25, 0.3) is 10.8 Å². The summed E-state index contributed by atoms with van der Waals surface area (Å²) in [6, 6.07) is 15.4. The number of carbonyl (C=O) groups is 1. The highest BCUT2D eigenvalue weighted by Crippen LogP contribution is 2.32. The Kier molecular flexibility index (Phi) is 3.63. The number of hydrogen-bond acceptors (Lipinski definition) is 4. The van der Waals surface area contributed by atoms with Crippen molar-refractivity contribution in [2.45, 2.75) is 12.6 Å². The number of rotatable bonds is 4. The SMILES string of the molecule is NC[C@H](NC(=O)c1cc2c3c(nccc3c1)NC2)c1ccccc1. The van der Waals surface area contributed by atoms with Gasteiger partial charge in [0.25, 0.3) is 5.91 Å². The van der Waals surface area contributed by atoms with E-state index in [0.717, 1.165) is 27.7 Å². The lowest BCUT2D eigenvalue weighted by atomic mass is 10.0. The van der Waals surface area contributed by atoms with Gasteiger partial charge in [-0.3, -0.25) is 4.79 Å². The molecule has 24 heavy (non-hydrogen) atoms. The minimum absolute atomic E-state index is 0.113. The number of aromatic nitrogens is 1. The largest absolute Gasteiger partial charge is 0.365 e. The van der Waals surface area contributed by atoms with E-state index in [2.05, 4.69) is 15.6 Å². The van der Waals surface area contributed by atoms with Gasteiger partial charge in [0.15, 0.2) is 0 Å². The van der Waals surface area contributed by atoms with Gasteiger partial charge in [0.05, 0.1) is 6.04 Å². The summed E-state index contributed by atoms with van der Waals surface area (Å²) in [6.07, 6.45) is 1.76. The Balaban J connectivity index is 1.65. The lowest BCUT2D eigenvalue weighted by molar-refractivity contribution is 0.0938. The second-order valence-electron chi connectivity index (χ2n) is 5.92. The van der Waals surface area contributed by atoms with Gasteiger partial charge in [0.2, 0.25) is 0 Å². The quantitative estimate of drug-likeness (QED) is 0.691. The Bertz CT molecular complexity index is 908. The highest BCUT2D eigenvalue weighted by atomic mass is 16.1. The Morgan fingerprint density at radius 2 is 2.08 bits per heavy atom. The molecule has 0 aliphatic carbocycles. The molecular weight excluding hydrogens is 300 g/mol. The maximum atomic E-state index is 12.7. The highest BCUT2D eigenvalue weighted by Gasteiger charge is 2.19. The first kappa shape index (κ1) is 14.7. The Labute approximate surface area is 139 Å². The lowest BCUT2D eigenvalue weighted by Gasteiger charge is -2.17. The molecule has 1 aromatic heterocycles. The van der Waals surface area contributed by atoms with Gasteiger partial charge in [-0.15, -0.1) is 0 Å². The predicted molar refractivity (Wildman–Crippen MR) is 94.8 cm³/mol. The zero-order chi connectivity index (χ0) is 16.5. The van der Waals surface area contributed by atoms with E-state index in [4.69, 9.17) is 5.73 Å². The van der Waals surface area contributed by atoms with Crippen molar-refractivity contribution in [2.75, 3.05) is 11.9 Å². The molecule has 2 heterocycles. The van der Waals surface area contributed by atoms with Crippen LogP contribution < -0.4 is 16.4 Å². The number of nitrogens with one attached hydrogen (secondary N) is 2. The minimum Gasteiger partial charge on any atom is -0.365 e. The molecule has 1 aliphatic rings. The van der Waals surface area contributed by atoms with Crippen LogP contribution in [-0.4, -0.2) is 17.4 Å². The molecule has 1 atom stereocenters. The van der Waals surface area contributed by atoms with E-state index < -0.39 is 0 Å². The topological polar surface area (TPSA) is 80.0 Å². The van der Waals surface area contributed by atoms with E-state index in [9.17, 15) is 4.79 Å². The summed E-state index contributed by atoms with van der Waals surface area (Å²) in [5, 5.41) is 8.42. The average Bonchev–Trinajstić information content (AvgIpc) is 3.05. The van der Waals surface area contributed by atoms with Crippen molar-refractivity contribution >= 4 is 22.5 Å². The van der Waals surface area contributed by atoms with E-state index in [1.807, 2.05) is 48.5 Å². The average molecular weight is 318 g/mol. The molecule has 0 radical (unpaired) electrons. The number of hydrogen-bond donors (Lipinski definition) is 3. The maximum absolute atomic E-state index is 12.7. The maximum Gasteiger partial charge on any atom is 0.251 e. The van der Waals surface area contributed by atoms with Crippen molar-refractivity contribution in [3.8, 4) is 0 Å². The van der Waals surface area contributed by atoms with E-state index >= 15 is 0 Å². The molecule has 4 rings (SSSR count). The van der Waals surface area contributed by atoms with E-state index in [0.29, 0.717) is 18.7 Å². The van der Waals surface area contributed by atoms with Gasteiger partial charge in [-0.05, 0) is 34.7 Å². The Morgan fingerprint density at radius 3 is 2.88 bits per heavy atom. The van der Waals surface area contributed by atoms with Gasteiger partial charge < -0.3 is 16.4 Å². The first-order chi connectivity index (χ1) is 11.8. The molecule has 5 nitrogen and oxygen atoms in total. The first-order valence-corrected chi connectivity index (χ1v) is 7.97. The second kappa shape index (κ2) is 5.94. The van der Waals surface area contributed by atoms with Gasteiger partial charge in [-0.1, -0.05) is 30.3 Å².